The van der Waals surface area contributed by atoms with E-state index < -0.39 is 6.10 Å². The fourth-order valence-corrected chi connectivity index (χ4v) is 4.47. The number of aromatic amines is 1. The van der Waals surface area contributed by atoms with Crippen molar-refractivity contribution in [3.63, 3.8) is 0 Å². The highest BCUT2D eigenvalue weighted by Crippen LogP contribution is 2.26. The summed E-state index contributed by atoms with van der Waals surface area (Å²) >= 11 is 3.18. The van der Waals surface area contributed by atoms with Crippen LogP contribution in [-0.2, 0) is 9.53 Å². The third-order valence-corrected chi connectivity index (χ3v) is 6.67. The molecular weight excluding hydrogens is 492 g/mol. The second-order valence-corrected chi connectivity index (χ2v) is 8.98. The SMILES string of the molecule is C[C@@H](CO[C@H]1CCN(C2CCN(c3ccc(C#N)cn3)CC2)C1=O)Oc1cn[nH]c(=O)c1Br. The van der Waals surface area contributed by atoms with E-state index in [1.807, 2.05) is 17.9 Å². The number of nitriles is 1. The van der Waals surface area contributed by atoms with Crippen LogP contribution in [0.4, 0.5) is 5.82 Å². The van der Waals surface area contributed by atoms with Crippen molar-refractivity contribution in [2.75, 3.05) is 31.1 Å². The molecule has 0 radical (unpaired) electrons. The first-order chi connectivity index (χ1) is 16.0. The van der Waals surface area contributed by atoms with Gasteiger partial charge >= 0.3 is 0 Å². The predicted molar refractivity (Wildman–Crippen MR) is 123 cm³/mol. The number of piperidine rings is 1. The smallest absolute Gasteiger partial charge is 0.282 e. The van der Waals surface area contributed by atoms with E-state index in [2.05, 4.69) is 42.1 Å². The predicted octanol–water partition coefficient (Wildman–Crippen LogP) is 1.85. The number of likely N-dealkylation sites (tertiary alicyclic amines) is 1. The third-order valence-electron chi connectivity index (χ3n) is 5.92. The maximum Gasteiger partial charge on any atom is 0.282 e. The molecule has 0 unspecified atom stereocenters. The van der Waals surface area contributed by atoms with Crippen LogP contribution in [0.2, 0.25) is 0 Å². The molecule has 2 aliphatic heterocycles. The Morgan fingerprint density at radius 2 is 2.03 bits per heavy atom. The van der Waals surface area contributed by atoms with Crippen LogP contribution in [0.3, 0.4) is 0 Å². The van der Waals surface area contributed by atoms with Gasteiger partial charge in [0.2, 0.25) is 0 Å². The lowest BCUT2D eigenvalue weighted by Crippen LogP contribution is -2.47. The number of nitrogens with zero attached hydrogens (tertiary/aromatic N) is 5. The molecule has 2 aromatic rings. The minimum absolute atomic E-state index is 0.0242. The van der Waals surface area contributed by atoms with Gasteiger partial charge in [0.1, 0.15) is 28.6 Å². The molecule has 1 N–H and O–H groups in total. The van der Waals surface area contributed by atoms with Gasteiger partial charge in [0.15, 0.2) is 5.75 Å². The lowest BCUT2D eigenvalue weighted by atomic mass is 10.0. The van der Waals surface area contributed by atoms with Gasteiger partial charge in [-0.1, -0.05) is 0 Å². The number of anilines is 1. The molecule has 11 heteroatoms. The van der Waals surface area contributed by atoms with E-state index >= 15 is 0 Å². The number of ether oxygens (including phenoxy) is 2. The first kappa shape index (κ1) is 23.2. The standard InChI is InChI=1S/C22H25BrN6O4/c1-14(33-18-12-26-27-21(30)20(18)23)13-32-17-6-9-29(22(17)31)16-4-7-28(8-5-16)19-3-2-15(10-24)11-25-19/h2-3,11-12,14,16-17H,4-9,13H2,1H3,(H,27,30)/t14-,17-/m0/s1. The maximum atomic E-state index is 12.9. The summed E-state index contributed by atoms with van der Waals surface area (Å²) < 4.78 is 11.9. The molecule has 10 nitrogen and oxygen atoms in total. The number of H-pyrrole nitrogens is 1. The molecule has 2 saturated heterocycles. The molecule has 1 amide bonds. The Morgan fingerprint density at radius 3 is 2.73 bits per heavy atom. The van der Waals surface area contributed by atoms with Crippen molar-refractivity contribution in [2.45, 2.75) is 44.4 Å². The van der Waals surface area contributed by atoms with E-state index in [-0.39, 0.29) is 34.7 Å². The topological polar surface area (TPSA) is 124 Å². The minimum Gasteiger partial charge on any atom is -0.485 e. The lowest BCUT2D eigenvalue weighted by molar-refractivity contribution is -0.140. The molecule has 0 bridgehead atoms. The van der Waals surface area contributed by atoms with Crippen molar-refractivity contribution >= 4 is 27.7 Å². The van der Waals surface area contributed by atoms with Crippen LogP contribution in [0, 0.1) is 11.3 Å². The number of halogens is 1. The van der Waals surface area contributed by atoms with Crippen molar-refractivity contribution in [3.8, 4) is 11.8 Å². The third kappa shape index (κ3) is 5.34. The van der Waals surface area contributed by atoms with Gasteiger partial charge in [0.25, 0.3) is 11.5 Å². The van der Waals surface area contributed by atoms with E-state index in [0.29, 0.717) is 24.3 Å². The van der Waals surface area contributed by atoms with Gasteiger partial charge in [-0.05, 0) is 47.8 Å². The quantitative estimate of drug-likeness (QED) is 0.590. The Balaban J connectivity index is 1.25. The molecule has 174 valence electrons. The summed E-state index contributed by atoms with van der Waals surface area (Å²) in [4.78, 5) is 33.0. The number of nitrogens with one attached hydrogen (secondary N) is 1. The lowest BCUT2D eigenvalue weighted by Gasteiger charge is -2.37. The van der Waals surface area contributed by atoms with E-state index in [4.69, 9.17) is 14.7 Å². The number of carbonyl (C=O) groups excluding carboxylic acids is 1. The summed E-state index contributed by atoms with van der Waals surface area (Å²) in [6.07, 6.45) is 4.56. The molecule has 0 saturated carbocycles. The van der Waals surface area contributed by atoms with Crippen LogP contribution in [0.25, 0.3) is 0 Å². The van der Waals surface area contributed by atoms with Gasteiger partial charge in [-0.15, -0.1) is 0 Å². The summed E-state index contributed by atoms with van der Waals surface area (Å²) in [6.45, 7) is 4.35. The van der Waals surface area contributed by atoms with Gasteiger partial charge in [0.05, 0.1) is 18.4 Å². The Morgan fingerprint density at radius 1 is 1.24 bits per heavy atom. The number of amides is 1. The fraction of sp³-hybridized carbons (Fsp3) is 0.500. The second-order valence-electron chi connectivity index (χ2n) is 8.18. The van der Waals surface area contributed by atoms with Crippen molar-refractivity contribution in [1.82, 2.24) is 20.1 Å². The van der Waals surface area contributed by atoms with E-state index in [0.717, 1.165) is 31.7 Å². The maximum absolute atomic E-state index is 12.9. The highest BCUT2D eigenvalue weighted by molar-refractivity contribution is 9.10. The van der Waals surface area contributed by atoms with Gasteiger partial charge in [0, 0.05) is 38.3 Å². The minimum atomic E-state index is -0.477. The Labute approximate surface area is 199 Å². The monoisotopic (exact) mass is 516 g/mol. The Hall–Kier alpha value is -2.97. The molecule has 0 aliphatic carbocycles. The average molecular weight is 517 g/mol. The highest BCUT2D eigenvalue weighted by atomic mass is 79.9. The summed E-state index contributed by atoms with van der Waals surface area (Å²) in [5.74, 6) is 1.21. The van der Waals surface area contributed by atoms with Gasteiger partial charge < -0.3 is 19.3 Å². The van der Waals surface area contributed by atoms with Gasteiger partial charge in [-0.25, -0.2) is 10.1 Å². The van der Waals surface area contributed by atoms with E-state index in [1.165, 1.54) is 6.20 Å². The summed E-state index contributed by atoms with van der Waals surface area (Å²) in [6, 6.07) is 5.91. The number of rotatable bonds is 7. The summed E-state index contributed by atoms with van der Waals surface area (Å²) in [5, 5.41) is 15.0. The highest BCUT2D eigenvalue weighted by Gasteiger charge is 2.38. The van der Waals surface area contributed by atoms with Gasteiger partial charge in [-0.3, -0.25) is 9.59 Å². The van der Waals surface area contributed by atoms with Crippen LogP contribution >= 0.6 is 15.9 Å². The number of aromatic nitrogens is 3. The second kappa shape index (κ2) is 10.3. The van der Waals surface area contributed by atoms with Crippen LogP contribution in [-0.4, -0.2) is 70.5 Å². The molecular formula is C22H25BrN6O4. The first-order valence-electron chi connectivity index (χ1n) is 10.9. The molecule has 4 rings (SSSR count). The molecule has 4 heterocycles. The number of carbonyl (C=O) groups is 1. The van der Waals surface area contributed by atoms with Gasteiger partial charge in [-0.2, -0.15) is 10.4 Å². The molecule has 2 aromatic heterocycles. The van der Waals surface area contributed by atoms with E-state index in [9.17, 15) is 9.59 Å². The molecule has 2 fully saturated rings. The number of pyridine rings is 1. The number of hydrogen-bond donors (Lipinski definition) is 1. The Kier molecular flexibility index (Phi) is 7.25. The Bertz CT molecular complexity index is 1080. The van der Waals surface area contributed by atoms with Crippen molar-refractivity contribution in [3.05, 3.63) is 44.9 Å². The summed E-state index contributed by atoms with van der Waals surface area (Å²) in [5.41, 5.74) is 0.173. The first-order valence-corrected chi connectivity index (χ1v) is 11.7. The zero-order chi connectivity index (χ0) is 23.4. The molecule has 0 aromatic carbocycles. The molecule has 33 heavy (non-hydrogen) atoms. The zero-order valence-corrected chi connectivity index (χ0v) is 19.8. The fourth-order valence-electron chi connectivity index (χ4n) is 4.19. The summed E-state index contributed by atoms with van der Waals surface area (Å²) in [7, 11) is 0. The van der Waals surface area contributed by atoms with Crippen molar-refractivity contribution in [2.24, 2.45) is 0 Å². The van der Waals surface area contributed by atoms with Crippen LogP contribution < -0.4 is 15.2 Å². The van der Waals surface area contributed by atoms with Crippen LogP contribution in [0.15, 0.2) is 33.8 Å². The van der Waals surface area contributed by atoms with Crippen LogP contribution in [0.5, 0.6) is 5.75 Å². The van der Waals surface area contributed by atoms with Crippen LogP contribution in [0.1, 0.15) is 31.7 Å². The largest absolute Gasteiger partial charge is 0.485 e. The normalized spacial score (nSPS) is 20.0. The average Bonchev–Trinajstić information content (AvgIpc) is 3.21. The molecule has 2 atom stereocenters. The molecule has 2 aliphatic rings. The number of hydrogen-bond acceptors (Lipinski definition) is 8. The van der Waals surface area contributed by atoms with E-state index in [1.54, 1.807) is 12.3 Å². The zero-order valence-electron chi connectivity index (χ0n) is 18.2. The molecule has 0 spiro atoms. The van der Waals surface area contributed by atoms with Crippen molar-refractivity contribution in [1.29, 1.82) is 5.26 Å². The van der Waals surface area contributed by atoms with Crippen molar-refractivity contribution < 1.29 is 14.3 Å².